The van der Waals surface area contributed by atoms with Crippen LogP contribution < -0.4 is 0 Å². The fourth-order valence-corrected chi connectivity index (χ4v) is 1.78. The molecular weight excluding hydrogens is 263 g/mol. The molecule has 0 spiro atoms. The summed E-state index contributed by atoms with van der Waals surface area (Å²) < 4.78 is 40.2. The second kappa shape index (κ2) is 4.71. The van der Waals surface area contributed by atoms with Gasteiger partial charge in [0.1, 0.15) is 17.5 Å². The quantitative estimate of drug-likeness (QED) is 0.762. The van der Waals surface area contributed by atoms with Gasteiger partial charge in [-0.05, 0) is 24.3 Å². The summed E-state index contributed by atoms with van der Waals surface area (Å²) in [6, 6.07) is 7.68. The molecule has 0 N–H and O–H groups in total. The van der Waals surface area contributed by atoms with E-state index in [9.17, 15) is 13.2 Å². The topological polar surface area (TPSA) is 23.8 Å². The number of hydrogen-bond donors (Lipinski definition) is 0. The Hall–Kier alpha value is -1.99. The molecule has 0 aromatic heterocycles. The summed E-state index contributed by atoms with van der Waals surface area (Å²) in [5.74, 6) is -2.60. The van der Waals surface area contributed by atoms with Crippen molar-refractivity contribution in [3.05, 3.63) is 58.4 Å². The van der Waals surface area contributed by atoms with Gasteiger partial charge in [-0.15, -0.1) is 0 Å². The zero-order valence-corrected chi connectivity index (χ0v) is 9.52. The summed E-state index contributed by atoms with van der Waals surface area (Å²) in [4.78, 5) is 0. The lowest BCUT2D eigenvalue weighted by atomic mass is 10.0. The maximum absolute atomic E-state index is 13.7. The van der Waals surface area contributed by atoms with Crippen molar-refractivity contribution < 1.29 is 13.2 Å². The molecule has 0 aliphatic carbocycles. The normalized spacial score (nSPS) is 10.2. The Morgan fingerprint density at radius 1 is 1.11 bits per heavy atom. The fraction of sp³-hybridized carbons (Fsp3) is 0. The van der Waals surface area contributed by atoms with Crippen LogP contribution in [0.4, 0.5) is 13.2 Å². The number of hydrogen-bond acceptors (Lipinski definition) is 1. The van der Waals surface area contributed by atoms with Crippen LogP contribution in [0, 0.1) is 34.8 Å². The van der Waals surface area contributed by atoms with E-state index < -0.39 is 23.0 Å². The van der Waals surface area contributed by atoms with Crippen molar-refractivity contribution in [2.45, 2.75) is 0 Å². The average Bonchev–Trinajstić information content (AvgIpc) is 2.30. The minimum Gasteiger partial charge on any atom is -0.206 e. The number of nitriles is 1. The van der Waals surface area contributed by atoms with E-state index in [0.717, 1.165) is 24.3 Å². The Morgan fingerprint density at radius 3 is 2.22 bits per heavy atom. The van der Waals surface area contributed by atoms with E-state index in [2.05, 4.69) is 6.07 Å². The molecule has 18 heavy (non-hydrogen) atoms. The van der Waals surface area contributed by atoms with Crippen LogP contribution in [0.1, 0.15) is 5.56 Å². The Balaban J connectivity index is 2.68. The molecule has 0 heterocycles. The highest BCUT2D eigenvalue weighted by atomic mass is 35.5. The molecule has 5 heteroatoms. The van der Waals surface area contributed by atoms with E-state index in [1.165, 1.54) is 0 Å². The SMILES string of the molecule is N#Cc1cc(F)c(-c2ccc(F)[c]c2Cl)c(F)c1. The zero-order valence-electron chi connectivity index (χ0n) is 8.77. The predicted molar refractivity (Wildman–Crippen MR) is 60.3 cm³/mol. The van der Waals surface area contributed by atoms with Gasteiger partial charge in [0.25, 0.3) is 0 Å². The zero-order chi connectivity index (χ0) is 13.3. The van der Waals surface area contributed by atoms with Gasteiger partial charge in [-0.25, -0.2) is 13.2 Å². The van der Waals surface area contributed by atoms with Crippen molar-refractivity contribution in [2.24, 2.45) is 0 Å². The Morgan fingerprint density at radius 2 is 1.72 bits per heavy atom. The van der Waals surface area contributed by atoms with Crippen molar-refractivity contribution in [2.75, 3.05) is 0 Å². The van der Waals surface area contributed by atoms with Crippen LogP contribution in [-0.4, -0.2) is 0 Å². The van der Waals surface area contributed by atoms with Crippen molar-refractivity contribution in [3.63, 3.8) is 0 Å². The number of nitrogens with zero attached hydrogens (tertiary/aromatic N) is 1. The molecule has 0 amide bonds. The van der Waals surface area contributed by atoms with Crippen LogP contribution in [-0.2, 0) is 0 Å². The monoisotopic (exact) mass is 266 g/mol. The molecular formula is C13H4ClF3N. The van der Waals surface area contributed by atoms with Crippen molar-refractivity contribution in [1.82, 2.24) is 0 Å². The molecule has 0 fully saturated rings. The number of halogens is 4. The molecule has 0 saturated carbocycles. The summed E-state index contributed by atoms with van der Waals surface area (Å²) in [6.07, 6.45) is 0. The minimum atomic E-state index is -0.937. The molecule has 0 atom stereocenters. The van der Waals surface area contributed by atoms with E-state index >= 15 is 0 Å². The molecule has 0 aliphatic heterocycles. The van der Waals surface area contributed by atoms with Gasteiger partial charge in [-0.3, -0.25) is 0 Å². The third-order valence-electron chi connectivity index (χ3n) is 2.30. The van der Waals surface area contributed by atoms with Crippen LogP contribution in [0.25, 0.3) is 11.1 Å². The van der Waals surface area contributed by atoms with E-state index in [-0.39, 0.29) is 16.1 Å². The standard InChI is InChI=1S/C13H4ClF3N/c14-10-5-8(15)1-2-9(10)13-11(16)3-7(6-18)4-12(13)17/h1-4H. The average molecular weight is 267 g/mol. The van der Waals surface area contributed by atoms with Gasteiger partial charge >= 0.3 is 0 Å². The molecule has 1 nitrogen and oxygen atoms in total. The molecule has 2 aromatic rings. The lowest BCUT2D eigenvalue weighted by Gasteiger charge is -2.07. The highest BCUT2D eigenvalue weighted by molar-refractivity contribution is 6.33. The number of rotatable bonds is 1. The molecule has 0 bridgehead atoms. The molecule has 2 rings (SSSR count). The first-order valence-electron chi connectivity index (χ1n) is 4.79. The van der Waals surface area contributed by atoms with Gasteiger partial charge in [-0.2, -0.15) is 5.26 Å². The van der Waals surface area contributed by atoms with Crippen LogP contribution in [0.2, 0.25) is 5.02 Å². The van der Waals surface area contributed by atoms with Gasteiger partial charge < -0.3 is 0 Å². The molecule has 0 aliphatic rings. The first-order valence-corrected chi connectivity index (χ1v) is 5.17. The van der Waals surface area contributed by atoms with Crippen LogP contribution in [0.3, 0.4) is 0 Å². The van der Waals surface area contributed by atoms with E-state index in [4.69, 9.17) is 16.9 Å². The lowest BCUT2D eigenvalue weighted by Crippen LogP contribution is -1.93. The summed E-state index contributed by atoms with van der Waals surface area (Å²) >= 11 is 5.69. The van der Waals surface area contributed by atoms with Gasteiger partial charge in [0.15, 0.2) is 0 Å². The van der Waals surface area contributed by atoms with E-state index in [0.29, 0.717) is 0 Å². The second-order valence-electron chi connectivity index (χ2n) is 3.46. The van der Waals surface area contributed by atoms with E-state index in [1.807, 2.05) is 0 Å². The van der Waals surface area contributed by atoms with Crippen LogP contribution in [0.15, 0.2) is 24.3 Å². The maximum Gasteiger partial charge on any atom is 0.135 e. The molecule has 2 aromatic carbocycles. The Bertz CT molecular complexity index is 639. The van der Waals surface area contributed by atoms with Gasteiger partial charge in [0, 0.05) is 11.6 Å². The van der Waals surface area contributed by atoms with Crippen molar-refractivity contribution in [1.29, 1.82) is 5.26 Å². The second-order valence-corrected chi connectivity index (χ2v) is 3.84. The van der Waals surface area contributed by atoms with Crippen LogP contribution >= 0.6 is 11.6 Å². The Labute approximate surface area is 106 Å². The summed E-state index contributed by atoms with van der Waals surface area (Å²) in [5, 5.41) is 8.35. The summed E-state index contributed by atoms with van der Waals surface area (Å²) in [5.41, 5.74) is -0.566. The summed E-state index contributed by atoms with van der Waals surface area (Å²) in [6.45, 7) is 0. The third kappa shape index (κ3) is 2.18. The minimum absolute atomic E-state index is 0.0162. The fourth-order valence-electron chi connectivity index (χ4n) is 1.53. The Kier molecular flexibility index (Phi) is 3.26. The third-order valence-corrected chi connectivity index (χ3v) is 2.60. The largest absolute Gasteiger partial charge is 0.206 e. The van der Waals surface area contributed by atoms with Crippen LogP contribution in [0.5, 0.6) is 0 Å². The first kappa shape index (κ1) is 12.5. The molecule has 0 saturated heterocycles. The van der Waals surface area contributed by atoms with Crippen molar-refractivity contribution >= 4 is 11.6 Å². The highest BCUT2D eigenvalue weighted by Gasteiger charge is 2.16. The number of benzene rings is 2. The maximum atomic E-state index is 13.7. The van der Waals surface area contributed by atoms with E-state index in [1.54, 1.807) is 6.07 Å². The predicted octanol–water partition coefficient (Wildman–Crippen LogP) is 4.10. The molecule has 0 unspecified atom stereocenters. The highest BCUT2D eigenvalue weighted by Crippen LogP contribution is 2.32. The lowest BCUT2D eigenvalue weighted by molar-refractivity contribution is 0.588. The smallest absolute Gasteiger partial charge is 0.135 e. The van der Waals surface area contributed by atoms with Gasteiger partial charge in [0.05, 0.1) is 22.2 Å². The van der Waals surface area contributed by atoms with Gasteiger partial charge in [-0.1, -0.05) is 11.6 Å². The summed E-state index contributed by atoms with van der Waals surface area (Å²) in [7, 11) is 0. The first-order chi connectivity index (χ1) is 8.52. The molecule has 1 radical (unpaired) electrons. The van der Waals surface area contributed by atoms with Crippen molar-refractivity contribution in [3.8, 4) is 17.2 Å². The van der Waals surface area contributed by atoms with Gasteiger partial charge in [0.2, 0.25) is 0 Å². The molecule has 89 valence electrons.